The predicted octanol–water partition coefficient (Wildman–Crippen LogP) is 0.423. The minimum Gasteiger partial charge on any atom is -0.508 e. The Balaban J connectivity index is 2.76. The van der Waals surface area contributed by atoms with Gasteiger partial charge in [-0.1, -0.05) is 0 Å². The summed E-state index contributed by atoms with van der Waals surface area (Å²) in [5.41, 5.74) is 1.13. The van der Waals surface area contributed by atoms with Gasteiger partial charge in [-0.15, -0.1) is 0 Å². The summed E-state index contributed by atoms with van der Waals surface area (Å²) >= 11 is 0. The SMILES string of the molecule is Cc1cc(C(=O)NCCO)ccc1O. The Labute approximate surface area is 82.2 Å². The van der Waals surface area contributed by atoms with E-state index in [1.54, 1.807) is 13.0 Å². The first-order chi connectivity index (χ1) is 6.65. The van der Waals surface area contributed by atoms with Crippen molar-refractivity contribution >= 4 is 5.91 Å². The van der Waals surface area contributed by atoms with E-state index >= 15 is 0 Å². The van der Waals surface area contributed by atoms with E-state index in [0.29, 0.717) is 11.1 Å². The van der Waals surface area contributed by atoms with Crippen LogP contribution < -0.4 is 5.32 Å². The van der Waals surface area contributed by atoms with Gasteiger partial charge < -0.3 is 15.5 Å². The molecule has 0 saturated heterocycles. The first-order valence-electron chi connectivity index (χ1n) is 4.34. The lowest BCUT2D eigenvalue weighted by Crippen LogP contribution is -2.26. The summed E-state index contributed by atoms with van der Waals surface area (Å²) in [4.78, 5) is 11.4. The van der Waals surface area contributed by atoms with Gasteiger partial charge >= 0.3 is 0 Å². The highest BCUT2D eigenvalue weighted by molar-refractivity contribution is 5.94. The van der Waals surface area contributed by atoms with E-state index in [9.17, 15) is 9.90 Å². The second-order valence-electron chi connectivity index (χ2n) is 2.98. The number of phenolic OH excluding ortho intramolecular Hbond substituents is 1. The maximum absolute atomic E-state index is 11.4. The fourth-order valence-electron chi connectivity index (χ4n) is 1.07. The van der Waals surface area contributed by atoms with Crippen molar-refractivity contribution in [2.75, 3.05) is 13.2 Å². The standard InChI is InChI=1S/C10H13NO3/c1-7-6-8(2-3-9(7)13)10(14)11-4-5-12/h2-3,6,12-13H,4-5H2,1H3,(H,11,14). The topological polar surface area (TPSA) is 69.6 Å². The number of aromatic hydroxyl groups is 1. The van der Waals surface area contributed by atoms with Crippen LogP contribution in [0.2, 0.25) is 0 Å². The van der Waals surface area contributed by atoms with Crippen molar-refractivity contribution in [1.29, 1.82) is 0 Å². The van der Waals surface area contributed by atoms with Crippen molar-refractivity contribution in [2.24, 2.45) is 0 Å². The quantitative estimate of drug-likeness (QED) is 0.654. The van der Waals surface area contributed by atoms with Crippen LogP contribution in [0.25, 0.3) is 0 Å². The third kappa shape index (κ3) is 2.47. The highest BCUT2D eigenvalue weighted by Crippen LogP contribution is 2.16. The van der Waals surface area contributed by atoms with Crippen LogP contribution >= 0.6 is 0 Å². The highest BCUT2D eigenvalue weighted by atomic mass is 16.3. The van der Waals surface area contributed by atoms with Crippen molar-refractivity contribution < 1.29 is 15.0 Å². The maximum atomic E-state index is 11.4. The molecule has 0 aliphatic rings. The number of carbonyl (C=O) groups excluding carboxylic acids is 1. The molecule has 1 aromatic rings. The molecule has 0 atom stereocenters. The van der Waals surface area contributed by atoms with Crippen molar-refractivity contribution in [3.8, 4) is 5.75 Å². The van der Waals surface area contributed by atoms with Crippen LogP contribution in [0.3, 0.4) is 0 Å². The van der Waals surface area contributed by atoms with E-state index in [4.69, 9.17) is 5.11 Å². The van der Waals surface area contributed by atoms with Gasteiger partial charge in [-0.2, -0.15) is 0 Å². The lowest BCUT2D eigenvalue weighted by atomic mass is 10.1. The molecule has 0 radical (unpaired) electrons. The molecule has 0 fully saturated rings. The molecule has 1 rings (SSSR count). The molecule has 0 unspecified atom stereocenters. The molecule has 0 bridgehead atoms. The summed E-state index contributed by atoms with van der Waals surface area (Å²) < 4.78 is 0. The van der Waals surface area contributed by atoms with Gasteiger partial charge in [-0.3, -0.25) is 4.79 Å². The summed E-state index contributed by atoms with van der Waals surface area (Å²) in [6.45, 7) is 1.87. The number of amides is 1. The number of benzene rings is 1. The molecule has 1 aromatic carbocycles. The molecule has 0 spiro atoms. The van der Waals surface area contributed by atoms with Crippen LogP contribution in [0.1, 0.15) is 15.9 Å². The van der Waals surface area contributed by atoms with E-state index in [1.807, 2.05) is 0 Å². The Morgan fingerprint density at radius 3 is 2.79 bits per heavy atom. The second kappa shape index (κ2) is 4.62. The smallest absolute Gasteiger partial charge is 0.251 e. The van der Waals surface area contributed by atoms with Crippen LogP contribution in [-0.2, 0) is 0 Å². The van der Waals surface area contributed by atoms with Gasteiger partial charge in [0.15, 0.2) is 0 Å². The van der Waals surface area contributed by atoms with Gasteiger partial charge in [0.05, 0.1) is 6.61 Å². The minimum atomic E-state index is -0.248. The molecule has 76 valence electrons. The number of rotatable bonds is 3. The van der Waals surface area contributed by atoms with E-state index in [0.717, 1.165) is 0 Å². The molecule has 0 saturated carbocycles. The van der Waals surface area contributed by atoms with Crippen molar-refractivity contribution in [2.45, 2.75) is 6.92 Å². The first-order valence-corrected chi connectivity index (χ1v) is 4.34. The minimum absolute atomic E-state index is 0.0805. The third-order valence-electron chi connectivity index (χ3n) is 1.86. The number of aryl methyl sites for hydroxylation is 1. The van der Waals surface area contributed by atoms with Crippen molar-refractivity contribution in [3.05, 3.63) is 29.3 Å². The lowest BCUT2D eigenvalue weighted by molar-refractivity contribution is 0.0944. The molecule has 0 aliphatic heterocycles. The Morgan fingerprint density at radius 2 is 2.21 bits per heavy atom. The average molecular weight is 195 g/mol. The summed E-state index contributed by atoms with van der Waals surface area (Å²) in [5.74, 6) is -0.0779. The van der Waals surface area contributed by atoms with Crippen molar-refractivity contribution in [1.82, 2.24) is 5.32 Å². The van der Waals surface area contributed by atoms with Gasteiger partial charge in [-0.05, 0) is 30.7 Å². The molecule has 14 heavy (non-hydrogen) atoms. The van der Waals surface area contributed by atoms with Crippen LogP contribution in [0.4, 0.5) is 0 Å². The Kier molecular flexibility index (Phi) is 3.48. The molecule has 0 heterocycles. The number of nitrogens with one attached hydrogen (secondary N) is 1. The lowest BCUT2D eigenvalue weighted by Gasteiger charge is -2.04. The second-order valence-corrected chi connectivity index (χ2v) is 2.98. The van der Waals surface area contributed by atoms with Gasteiger partial charge in [0.25, 0.3) is 5.91 Å². The zero-order valence-corrected chi connectivity index (χ0v) is 7.95. The normalized spacial score (nSPS) is 9.86. The van der Waals surface area contributed by atoms with E-state index in [2.05, 4.69) is 5.32 Å². The fourth-order valence-corrected chi connectivity index (χ4v) is 1.07. The molecular formula is C10H13NO3. The van der Waals surface area contributed by atoms with E-state index < -0.39 is 0 Å². The molecular weight excluding hydrogens is 182 g/mol. The number of phenols is 1. The number of hydrogen-bond donors (Lipinski definition) is 3. The van der Waals surface area contributed by atoms with E-state index in [-0.39, 0.29) is 24.8 Å². The number of aliphatic hydroxyl groups excluding tert-OH is 1. The van der Waals surface area contributed by atoms with Crippen LogP contribution in [0, 0.1) is 6.92 Å². The molecule has 0 aromatic heterocycles. The first kappa shape index (κ1) is 10.5. The largest absolute Gasteiger partial charge is 0.508 e. The van der Waals surface area contributed by atoms with Gasteiger partial charge in [0, 0.05) is 12.1 Å². The van der Waals surface area contributed by atoms with Gasteiger partial charge in [0.2, 0.25) is 0 Å². The van der Waals surface area contributed by atoms with Crippen LogP contribution in [0.5, 0.6) is 5.75 Å². The zero-order valence-electron chi connectivity index (χ0n) is 7.95. The predicted molar refractivity (Wildman–Crippen MR) is 52.3 cm³/mol. The van der Waals surface area contributed by atoms with Crippen LogP contribution in [0.15, 0.2) is 18.2 Å². The summed E-state index contributed by atoms with van der Waals surface area (Å²) in [6.07, 6.45) is 0. The Bertz CT molecular complexity index is 336. The third-order valence-corrected chi connectivity index (χ3v) is 1.86. The molecule has 0 aliphatic carbocycles. The molecule has 4 nitrogen and oxygen atoms in total. The average Bonchev–Trinajstić information content (AvgIpc) is 2.18. The van der Waals surface area contributed by atoms with Crippen molar-refractivity contribution in [3.63, 3.8) is 0 Å². The molecule has 4 heteroatoms. The van der Waals surface area contributed by atoms with Crippen LogP contribution in [-0.4, -0.2) is 29.3 Å². The number of carbonyl (C=O) groups is 1. The van der Waals surface area contributed by atoms with Gasteiger partial charge in [-0.25, -0.2) is 0 Å². The monoisotopic (exact) mass is 195 g/mol. The number of hydrogen-bond acceptors (Lipinski definition) is 3. The number of aliphatic hydroxyl groups is 1. The Morgan fingerprint density at radius 1 is 1.50 bits per heavy atom. The summed E-state index contributed by atoms with van der Waals surface area (Å²) in [7, 11) is 0. The zero-order chi connectivity index (χ0) is 10.6. The maximum Gasteiger partial charge on any atom is 0.251 e. The summed E-state index contributed by atoms with van der Waals surface area (Å²) in [5, 5.41) is 20.3. The van der Waals surface area contributed by atoms with Gasteiger partial charge in [0.1, 0.15) is 5.75 Å². The molecule has 1 amide bonds. The summed E-state index contributed by atoms with van der Waals surface area (Å²) in [6, 6.07) is 4.61. The van der Waals surface area contributed by atoms with E-state index in [1.165, 1.54) is 12.1 Å². The Hall–Kier alpha value is -1.55. The molecule has 3 N–H and O–H groups in total. The highest BCUT2D eigenvalue weighted by Gasteiger charge is 2.05. The fraction of sp³-hybridized carbons (Fsp3) is 0.300.